The average molecular weight is 430 g/mol. The summed E-state index contributed by atoms with van der Waals surface area (Å²) in [6, 6.07) is 2.15. The van der Waals surface area contributed by atoms with E-state index in [0.717, 1.165) is 18.4 Å². The van der Waals surface area contributed by atoms with Crippen molar-refractivity contribution in [1.82, 2.24) is 10.2 Å². The van der Waals surface area contributed by atoms with Gasteiger partial charge in [0.25, 0.3) is 0 Å². The summed E-state index contributed by atoms with van der Waals surface area (Å²) in [7, 11) is -0.460. The van der Waals surface area contributed by atoms with Crippen LogP contribution in [0.5, 0.6) is 5.75 Å². The minimum absolute atomic E-state index is 0.0132. The summed E-state index contributed by atoms with van der Waals surface area (Å²) < 4.78 is 25.2. The monoisotopic (exact) mass is 429 g/mol. The second kappa shape index (κ2) is 8.31. The van der Waals surface area contributed by atoms with Crippen LogP contribution in [0.2, 0.25) is 5.02 Å². The van der Waals surface area contributed by atoms with Crippen LogP contribution in [0.15, 0.2) is 28.7 Å². The summed E-state index contributed by atoms with van der Waals surface area (Å²) in [6.07, 6.45) is 3.76. The lowest BCUT2D eigenvalue weighted by Crippen LogP contribution is -2.42. The van der Waals surface area contributed by atoms with Crippen LogP contribution in [0.1, 0.15) is 33.6 Å². The highest BCUT2D eigenvalue weighted by Crippen LogP contribution is 2.41. The highest BCUT2D eigenvalue weighted by atomic mass is 35.5. The van der Waals surface area contributed by atoms with Crippen LogP contribution >= 0.6 is 11.6 Å². The molecule has 7 nitrogen and oxygen atoms in total. The van der Waals surface area contributed by atoms with E-state index in [0.29, 0.717) is 0 Å². The van der Waals surface area contributed by atoms with Gasteiger partial charge >= 0.3 is 6.03 Å². The Labute approximate surface area is 171 Å². The van der Waals surface area contributed by atoms with Crippen LogP contribution in [0.3, 0.4) is 0 Å². The Hall–Kier alpha value is -1.77. The average Bonchev–Trinajstić information content (AvgIpc) is 2.93. The van der Waals surface area contributed by atoms with E-state index in [2.05, 4.69) is 16.7 Å². The first-order valence-corrected chi connectivity index (χ1v) is 10.9. The maximum atomic E-state index is 13.2. The number of allylic oxidation sites excluding steroid dienone is 1. The van der Waals surface area contributed by atoms with Crippen LogP contribution in [-0.2, 0) is 9.84 Å². The van der Waals surface area contributed by atoms with Crippen LogP contribution in [0, 0.1) is 0 Å². The van der Waals surface area contributed by atoms with Crippen molar-refractivity contribution in [2.24, 2.45) is 0 Å². The highest BCUT2D eigenvalue weighted by molar-refractivity contribution is 7.93. The molecule has 0 radical (unpaired) electrons. The number of anilines is 1. The Balaban J connectivity index is 2.33. The highest BCUT2D eigenvalue weighted by Gasteiger charge is 2.40. The number of aromatic hydroxyl groups is 1. The third-order valence-electron chi connectivity index (χ3n) is 4.80. The molecule has 1 aliphatic rings. The van der Waals surface area contributed by atoms with Gasteiger partial charge in [0.1, 0.15) is 4.90 Å². The molecule has 0 aromatic heterocycles. The lowest BCUT2D eigenvalue weighted by Gasteiger charge is -2.29. The number of hydrogen-bond donors (Lipinski definition) is 3. The van der Waals surface area contributed by atoms with Gasteiger partial charge in [0.05, 0.1) is 21.5 Å². The summed E-state index contributed by atoms with van der Waals surface area (Å²) in [4.78, 5) is 13.7. The first-order valence-electron chi connectivity index (χ1n) is 9.02. The van der Waals surface area contributed by atoms with E-state index in [-0.39, 0.29) is 28.2 Å². The molecular weight excluding hydrogens is 402 g/mol. The largest absolute Gasteiger partial charge is 0.504 e. The number of carbonyl (C=O) groups is 1. The molecule has 28 heavy (non-hydrogen) atoms. The molecule has 1 aliphatic carbocycles. The number of amides is 2. The number of phenolic OH excluding ortho intramolecular Hbond substituents is 1. The number of hydrogen-bond acceptors (Lipinski definition) is 5. The molecule has 2 rings (SSSR count). The second-order valence-corrected chi connectivity index (χ2v) is 10.9. The van der Waals surface area contributed by atoms with Gasteiger partial charge in [-0.15, -0.1) is 0 Å². The minimum atomic E-state index is -3.99. The lowest BCUT2D eigenvalue weighted by molar-refractivity contribution is 0.249. The van der Waals surface area contributed by atoms with E-state index < -0.39 is 26.4 Å². The first kappa shape index (κ1) is 22.5. The fourth-order valence-corrected chi connectivity index (χ4v) is 5.50. The Morgan fingerprint density at radius 2 is 2.00 bits per heavy atom. The maximum Gasteiger partial charge on any atom is 0.319 e. The van der Waals surface area contributed by atoms with Crippen LogP contribution in [-0.4, -0.2) is 55.9 Å². The molecule has 1 aromatic rings. The van der Waals surface area contributed by atoms with Gasteiger partial charge in [-0.05, 0) is 59.8 Å². The molecule has 0 saturated heterocycles. The van der Waals surface area contributed by atoms with Gasteiger partial charge in [-0.2, -0.15) is 0 Å². The maximum absolute atomic E-state index is 13.2. The van der Waals surface area contributed by atoms with Crippen molar-refractivity contribution in [3.05, 3.63) is 28.8 Å². The van der Waals surface area contributed by atoms with Gasteiger partial charge in [0.2, 0.25) is 0 Å². The van der Waals surface area contributed by atoms with Gasteiger partial charge in [-0.3, -0.25) is 0 Å². The normalized spacial score (nSPS) is 17.5. The molecule has 0 unspecified atom stereocenters. The predicted octanol–water partition coefficient (Wildman–Crippen LogP) is 3.39. The Kier molecular flexibility index (Phi) is 6.68. The van der Waals surface area contributed by atoms with E-state index in [1.165, 1.54) is 12.1 Å². The number of halogens is 1. The van der Waals surface area contributed by atoms with Crippen molar-refractivity contribution in [1.29, 1.82) is 0 Å². The molecule has 1 aromatic carbocycles. The summed E-state index contributed by atoms with van der Waals surface area (Å²) in [5.41, 5.74) is 1.06. The number of nitrogens with one attached hydrogen (secondary N) is 2. The number of urea groups is 1. The molecule has 3 N–H and O–H groups in total. The van der Waals surface area contributed by atoms with E-state index in [4.69, 9.17) is 11.6 Å². The number of sulfone groups is 1. The van der Waals surface area contributed by atoms with Gasteiger partial charge in [0.15, 0.2) is 15.6 Å². The van der Waals surface area contributed by atoms with Gasteiger partial charge in [-0.25, -0.2) is 13.2 Å². The smallest absolute Gasteiger partial charge is 0.319 e. The second-order valence-electron chi connectivity index (χ2n) is 7.95. The quantitative estimate of drug-likeness (QED) is 0.475. The zero-order valence-corrected chi connectivity index (χ0v) is 18.4. The van der Waals surface area contributed by atoms with Crippen molar-refractivity contribution in [3.63, 3.8) is 0 Å². The minimum Gasteiger partial charge on any atom is -0.504 e. The molecular formula is C19H28ClN3O4S. The SMILES string of the molecule is CC1=CCC[C@H]1NC(=O)Nc1ccc(Cl)c(S(=O)(=O)C(C)(C)CN(C)C)c1O. The number of benzene rings is 1. The number of nitrogens with zero attached hydrogens (tertiary/aromatic N) is 1. The fraction of sp³-hybridized carbons (Fsp3) is 0.526. The molecule has 9 heteroatoms. The molecule has 1 atom stereocenters. The molecule has 0 saturated carbocycles. The molecule has 0 spiro atoms. The van der Waals surface area contributed by atoms with Crippen molar-refractivity contribution in [2.75, 3.05) is 26.0 Å². The number of phenols is 1. The van der Waals surface area contributed by atoms with Crippen LogP contribution in [0.4, 0.5) is 10.5 Å². The van der Waals surface area contributed by atoms with E-state index in [9.17, 15) is 18.3 Å². The molecule has 0 heterocycles. The van der Waals surface area contributed by atoms with E-state index in [1.54, 1.807) is 32.8 Å². The number of rotatable bonds is 6. The van der Waals surface area contributed by atoms with Crippen molar-refractivity contribution >= 4 is 33.2 Å². The van der Waals surface area contributed by atoms with Crippen LogP contribution < -0.4 is 10.6 Å². The molecule has 0 aliphatic heterocycles. The molecule has 156 valence electrons. The summed E-state index contributed by atoms with van der Waals surface area (Å²) in [6.45, 7) is 5.31. The van der Waals surface area contributed by atoms with E-state index in [1.807, 2.05) is 6.92 Å². The molecule has 0 fully saturated rings. The third-order valence-corrected chi connectivity index (χ3v) is 7.76. The van der Waals surface area contributed by atoms with Gasteiger partial charge in [-0.1, -0.05) is 23.3 Å². The first-order chi connectivity index (χ1) is 12.9. The third kappa shape index (κ3) is 4.61. The summed E-state index contributed by atoms with van der Waals surface area (Å²) in [5, 5.41) is 15.9. The topological polar surface area (TPSA) is 98.7 Å². The van der Waals surface area contributed by atoms with Crippen LogP contribution in [0.25, 0.3) is 0 Å². The molecule has 2 amide bonds. The van der Waals surface area contributed by atoms with Gasteiger partial charge in [0, 0.05) is 6.54 Å². The Morgan fingerprint density at radius 3 is 2.54 bits per heavy atom. The predicted molar refractivity (Wildman–Crippen MR) is 112 cm³/mol. The number of carbonyl (C=O) groups excluding carboxylic acids is 1. The fourth-order valence-electron chi connectivity index (χ4n) is 3.38. The van der Waals surface area contributed by atoms with Crippen molar-refractivity contribution in [3.8, 4) is 5.75 Å². The zero-order valence-electron chi connectivity index (χ0n) is 16.8. The lowest BCUT2D eigenvalue weighted by atomic mass is 10.2. The van der Waals surface area contributed by atoms with E-state index >= 15 is 0 Å². The van der Waals surface area contributed by atoms with Gasteiger partial charge < -0.3 is 20.6 Å². The Bertz CT molecular complexity index is 895. The van der Waals surface area contributed by atoms with Crippen molar-refractivity contribution in [2.45, 2.75) is 49.3 Å². The zero-order chi connectivity index (χ0) is 21.3. The molecule has 0 bridgehead atoms. The summed E-state index contributed by atoms with van der Waals surface area (Å²) in [5.74, 6) is -0.562. The standard InChI is InChI=1S/C19H28ClN3O4S/c1-12-7-6-8-14(12)21-18(25)22-15-10-9-13(20)17(16(15)24)28(26,27)19(2,3)11-23(4)5/h7,9-10,14,24H,6,8,11H2,1-5H3,(H2,21,22,25)/t14-/m1/s1. The Morgan fingerprint density at radius 1 is 1.36 bits per heavy atom. The van der Waals surface area contributed by atoms with Crippen molar-refractivity contribution < 1.29 is 18.3 Å². The summed E-state index contributed by atoms with van der Waals surface area (Å²) >= 11 is 6.13.